The van der Waals surface area contributed by atoms with E-state index in [9.17, 15) is 9.59 Å². The predicted molar refractivity (Wildman–Crippen MR) is 74.6 cm³/mol. The van der Waals surface area contributed by atoms with Crippen LogP contribution in [-0.4, -0.2) is 36.5 Å². The van der Waals surface area contributed by atoms with E-state index in [2.05, 4.69) is 0 Å². The lowest BCUT2D eigenvalue weighted by atomic mass is 9.92. The van der Waals surface area contributed by atoms with Crippen molar-refractivity contribution < 1.29 is 14.3 Å². The van der Waals surface area contributed by atoms with Crippen LogP contribution in [0.1, 0.15) is 52.9 Å². The highest BCUT2D eigenvalue weighted by atomic mass is 16.5. The van der Waals surface area contributed by atoms with Gasteiger partial charge in [0, 0.05) is 18.5 Å². The molecule has 0 aromatic rings. The van der Waals surface area contributed by atoms with Crippen molar-refractivity contribution in [2.75, 3.05) is 13.7 Å². The maximum absolute atomic E-state index is 12.4. The number of nitrogens with zero attached hydrogens (tertiary/aromatic N) is 1. The highest BCUT2D eigenvalue weighted by Gasteiger charge is 2.29. The minimum absolute atomic E-state index is 0.0215. The first-order valence-electron chi connectivity index (χ1n) is 7.35. The van der Waals surface area contributed by atoms with Gasteiger partial charge in [-0.25, -0.2) is 0 Å². The number of amides is 1. The van der Waals surface area contributed by atoms with E-state index in [1.165, 1.54) is 26.4 Å². The summed E-state index contributed by atoms with van der Waals surface area (Å²) in [6.45, 7) is 6.14. The molecule has 1 fully saturated rings. The lowest BCUT2D eigenvalue weighted by Gasteiger charge is -2.36. The Morgan fingerprint density at radius 3 is 2.21 bits per heavy atom. The van der Waals surface area contributed by atoms with Crippen molar-refractivity contribution in [2.45, 2.75) is 58.9 Å². The van der Waals surface area contributed by atoms with Crippen molar-refractivity contribution in [1.29, 1.82) is 0 Å². The summed E-state index contributed by atoms with van der Waals surface area (Å²) in [5, 5.41) is 0. The maximum atomic E-state index is 12.4. The first-order chi connectivity index (χ1) is 8.97. The van der Waals surface area contributed by atoms with Crippen LogP contribution in [0.25, 0.3) is 0 Å². The van der Waals surface area contributed by atoms with E-state index in [-0.39, 0.29) is 23.7 Å². The van der Waals surface area contributed by atoms with Crippen molar-refractivity contribution in [3.8, 4) is 0 Å². The molecule has 0 spiro atoms. The van der Waals surface area contributed by atoms with Crippen LogP contribution < -0.4 is 0 Å². The molecule has 0 heterocycles. The molecule has 1 rings (SSSR count). The van der Waals surface area contributed by atoms with Crippen molar-refractivity contribution in [1.82, 2.24) is 4.90 Å². The summed E-state index contributed by atoms with van der Waals surface area (Å²) in [6.07, 6.45) is 5.74. The molecule has 1 amide bonds. The molecule has 0 N–H and O–H groups in total. The van der Waals surface area contributed by atoms with Gasteiger partial charge in [-0.3, -0.25) is 9.59 Å². The second-order valence-electron chi connectivity index (χ2n) is 5.86. The van der Waals surface area contributed by atoms with E-state index < -0.39 is 0 Å². The van der Waals surface area contributed by atoms with Gasteiger partial charge < -0.3 is 9.64 Å². The van der Waals surface area contributed by atoms with Gasteiger partial charge in [-0.2, -0.15) is 0 Å². The molecular formula is C15H27NO3. The molecule has 4 heteroatoms. The van der Waals surface area contributed by atoms with Crippen molar-refractivity contribution >= 4 is 11.9 Å². The summed E-state index contributed by atoms with van der Waals surface area (Å²) in [4.78, 5) is 25.8. The maximum Gasteiger partial charge on any atom is 0.310 e. The smallest absolute Gasteiger partial charge is 0.310 e. The standard InChI is InChI=1S/C15H27NO3/c1-11(2)14(17)16(10-12(3)15(18)19-4)13-8-6-5-7-9-13/h11-13H,5-10H2,1-4H3. The van der Waals surface area contributed by atoms with E-state index in [1.807, 2.05) is 25.7 Å². The lowest BCUT2D eigenvalue weighted by molar-refractivity contribution is -0.148. The lowest BCUT2D eigenvalue weighted by Crippen LogP contribution is -2.46. The zero-order valence-corrected chi connectivity index (χ0v) is 12.6. The van der Waals surface area contributed by atoms with Crippen LogP contribution in [0.3, 0.4) is 0 Å². The Kier molecular flexibility index (Phi) is 6.32. The van der Waals surface area contributed by atoms with Crippen LogP contribution in [0.5, 0.6) is 0 Å². The number of methoxy groups -OCH3 is 1. The van der Waals surface area contributed by atoms with Gasteiger partial charge in [-0.15, -0.1) is 0 Å². The minimum Gasteiger partial charge on any atom is -0.469 e. The van der Waals surface area contributed by atoms with Crippen LogP contribution in [0.15, 0.2) is 0 Å². The summed E-state index contributed by atoms with van der Waals surface area (Å²) in [7, 11) is 1.40. The molecule has 1 aliphatic carbocycles. The Hall–Kier alpha value is -1.06. The molecule has 0 aliphatic heterocycles. The average molecular weight is 269 g/mol. The largest absolute Gasteiger partial charge is 0.469 e. The number of ether oxygens (including phenoxy) is 1. The number of hydrogen-bond donors (Lipinski definition) is 0. The molecule has 0 aromatic carbocycles. The summed E-state index contributed by atoms with van der Waals surface area (Å²) in [5.41, 5.74) is 0. The van der Waals surface area contributed by atoms with Gasteiger partial charge in [0.25, 0.3) is 0 Å². The second-order valence-corrected chi connectivity index (χ2v) is 5.86. The first kappa shape index (κ1) is 16.0. The third-order valence-corrected chi connectivity index (χ3v) is 3.87. The Balaban J connectivity index is 2.73. The number of esters is 1. The van der Waals surface area contributed by atoms with Crippen molar-refractivity contribution in [3.63, 3.8) is 0 Å². The van der Waals surface area contributed by atoms with E-state index in [0.717, 1.165) is 12.8 Å². The molecule has 1 aliphatic rings. The fourth-order valence-electron chi connectivity index (χ4n) is 2.71. The predicted octanol–water partition coefficient (Wildman–Crippen LogP) is 2.61. The summed E-state index contributed by atoms with van der Waals surface area (Å²) >= 11 is 0. The number of carbonyl (C=O) groups is 2. The Morgan fingerprint density at radius 1 is 1.16 bits per heavy atom. The van der Waals surface area contributed by atoms with Crippen LogP contribution >= 0.6 is 0 Å². The topological polar surface area (TPSA) is 46.6 Å². The fraction of sp³-hybridized carbons (Fsp3) is 0.867. The van der Waals surface area contributed by atoms with Crippen LogP contribution in [0.4, 0.5) is 0 Å². The molecular weight excluding hydrogens is 242 g/mol. The van der Waals surface area contributed by atoms with Gasteiger partial charge >= 0.3 is 5.97 Å². The van der Waals surface area contributed by atoms with Crippen LogP contribution in [-0.2, 0) is 14.3 Å². The Bertz CT molecular complexity index is 309. The molecule has 0 radical (unpaired) electrons. The number of carbonyl (C=O) groups excluding carboxylic acids is 2. The third kappa shape index (κ3) is 4.51. The van der Waals surface area contributed by atoms with E-state index in [0.29, 0.717) is 12.6 Å². The monoisotopic (exact) mass is 269 g/mol. The molecule has 0 bridgehead atoms. The Morgan fingerprint density at radius 2 is 1.74 bits per heavy atom. The molecule has 0 saturated heterocycles. The first-order valence-corrected chi connectivity index (χ1v) is 7.35. The van der Waals surface area contributed by atoms with Gasteiger partial charge in [-0.1, -0.05) is 40.0 Å². The normalized spacial score (nSPS) is 18.2. The van der Waals surface area contributed by atoms with E-state index in [1.54, 1.807) is 0 Å². The quantitative estimate of drug-likeness (QED) is 0.721. The van der Waals surface area contributed by atoms with E-state index >= 15 is 0 Å². The number of rotatable bonds is 5. The summed E-state index contributed by atoms with van der Waals surface area (Å²) < 4.78 is 4.76. The van der Waals surface area contributed by atoms with Gasteiger partial charge in [0.1, 0.15) is 0 Å². The molecule has 1 atom stereocenters. The molecule has 0 aromatic heterocycles. The zero-order valence-electron chi connectivity index (χ0n) is 12.6. The molecule has 1 saturated carbocycles. The summed E-state index contributed by atoms with van der Waals surface area (Å²) in [5.74, 6) is -0.360. The average Bonchev–Trinajstić information content (AvgIpc) is 2.43. The van der Waals surface area contributed by atoms with Gasteiger partial charge in [0.05, 0.1) is 13.0 Å². The van der Waals surface area contributed by atoms with Gasteiger partial charge in [0.2, 0.25) is 5.91 Å². The van der Waals surface area contributed by atoms with Crippen LogP contribution in [0.2, 0.25) is 0 Å². The fourth-order valence-corrected chi connectivity index (χ4v) is 2.71. The van der Waals surface area contributed by atoms with E-state index in [4.69, 9.17) is 4.74 Å². The Labute approximate surface area is 116 Å². The molecule has 19 heavy (non-hydrogen) atoms. The second kappa shape index (κ2) is 7.51. The highest BCUT2D eigenvalue weighted by Crippen LogP contribution is 2.25. The van der Waals surface area contributed by atoms with Gasteiger partial charge in [0.15, 0.2) is 0 Å². The van der Waals surface area contributed by atoms with Gasteiger partial charge in [-0.05, 0) is 12.8 Å². The SMILES string of the molecule is COC(=O)C(C)CN(C(=O)C(C)C)C1CCCCC1. The van der Waals surface area contributed by atoms with Crippen molar-refractivity contribution in [3.05, 3.63) is 0 Å². The number of hydrogen-bond acceptors (Lipinski definition) is 3. The molecule has 1 unspecified atom stereocenters. The van der Waals surface area contributed by atoms with Crippen molar-refractivity contribution in [2.24, 2.45) is 11.8 Å². The highest BCUT2D eigenvalue weighted by molar-refractivity contribution is 5.79. The third-order valence-electron chi connectivity index (χ3n) is 3.87. The minimum atomic E-state index is -0.255. The van der Waals surface area contributed by atoms with Crippen LogP contribution in [0, 0.1) is 11.8 Å². The zero-order chi connectivity index (χ0) is 14.4. The summed E-state index contributed by atoms with van der Waals surface area (Å²) in [6, 6.07) is 0.302. The molecule has 4 nitrogen and oxygen atoms in total. The molecule has 110 valence electrons.